The number of aromatic amines is 1. The van der Waals surface area contributed by atoms with Crippen molar-refractivity contribution in [2.24, 2.45) is 0 Å². The second-order valence-corrected chi connectivity index (χ2v) is 5.38. The van der Waals surface area contributed by atoms with Crippen molar-refractivity contribution < 1.29 is 4.79 Å². The highest BCUT2D eigenvalue weighted by molar-refractivity contribution is 5.80. The van der Waals surface area contributed by atoms with Gasteiger partial charge < -0.3 is 9.88 Å². The van der Waals surface area contributed by atoms with E-state index in [4.69, 9.17) is 0 Å². The lowest BCUT2D eigenvalue weighted by molar-refractivity contribution is -0.131. The molecule has 4 nitrogen and oxygen atoms in total. The van der Waals surface area contributed by atoms with Gasteiger partial charge in [-0.05, 0) is 36.9 Å². The van der Waals surface area contributed by atoms with Gasteiger partial charge in [-0.1, -0.05) is 25.5 Å². The fourth-order valence-corrected chi connectivity index (χ4v) is 2.48. The standard InChI is InChI=1S/C17H22N2O2/c1-4-8-19(16(20)5-2)11-14-10-13-9-12(3)6-7-15(13)18-17(14)21/h6-7,9-10H,4-5,8,11H2,1-3H3,(H,18,21). The van der Waals surface area contributed by atoms with E-state index in [0.29, 0.717) is 25.1 Å². The molecule has 0 bridgehead atoms. The topological polar surface area (TPSA) is 53.2 Å². The van der Waals surface area contributed by atoms with Crippen molar-refractivity contribution in [3.8, 4) is 0 Å². The van der Waals surface area contributed by atoms with Gasteiger partial charge in [0.15, 0.2) is 0 Å². The minimum absolute atomic E-state index is 0.0839. The zero-order valence-electron chi connectivity index (χ0n) is 12.9. The Morgan fingerprint density at radius 1 is 1.24 bits per heavy atom. The Hall–Kier alpha value is -2.10. The summed E-state index contributed by atoms with van der Waals surface area (Å²) in [6.45, 7) is 6.95. The summed E-state index contributed by atoms with van der Waals surface area (Å²) in [6.07, 6.45) is 1.35. The maximum absolute atomic E-state index is 12.2. The monoisotopic (exact) mass is 286 g/mol. The maximum Gasteiger partial charge on any atom is 0.253 e. The first kappa shape index (κ1) is 15.3. The molecule has 0 aliphatic heterocycles. The van der Waals surface area contributed by atoms with Crippen molar-refractivity contribution in [3.63, 3.8) is 0 Å². The molecule has 112 valence electrons. The molecule has 0 aliphatic rings. The summed E-state index contributed by atoms with van der Waals surface area (Å²) < 4.78 is 0. The Labute approximate surface area is 124 Å². The van der Waals surface area contributed by atoms with Gasteiger partial charge in [-0.3, -0.25) is 9.59 Å². The average Bonchev–Trinajstić information content (AvgIpc) is 2.47. The van der Waals surface area contributed by atoms with Gasteiger partial charge >= 0.3 is 0 Å². The molecule has 0 atom stereocenters. The molecule has 0 radical (unpaired) electrons. The minimum atomic E-state index is -0.114. The lowest BCUT2D eigenvalue weighted by Crippen LogP contribution is -2.32. The van der Waals surface area contributed by atoms with Crippen LogP contribution < -0.4 is 5.56 Å². The third-order valence-electron chi connectivity index (χ3n) is 3.59. The molecule has 4 heteroatoms. The van der Waals surface area contributed by atoms with Gasteiger partial charge in [0.2, 0.25) is 5.91 Å². The molecule has 1 heterocycles. The summed E-state index contributed by atoms with van der Waals surface area (Å²) >= 11 is 0. The van der Waals surface area contributed by atoms with E-state index in [0.717, 1.165) is 22.9 Å². The number of nitrogens with one attached hydrogen (secondary N) is 1. The summed E-state index contributed by atoms with van der Waals surface area (Å²) in [4.78, 5) is 28.8. The van der Waals surface area contributed by atoms with Gasteiger partial charge in [-0.15, -0.1) is 0 Å². The number of carbonyl (C=O) groups is 1. The highest BCUT2D eigenvalue weighted by Crippen LogP contribution is 2.14. The number of aryl methyl sites for hydroxylation is 1. The van der Waals surface area contributed by atoms with Crippen LogP contribution in [-0.2, 0) is 11.3 Å². The highest BCUT2D eigenvalue weighted by atomic mass is 16.2. The Bertz CT molecular complexity index is 703. The van der Waals surface area contributed by atoms with Crippen LogP contribution in [-0.4, -0.2) is 22.3 Å². The van der Waals surface area contributed by atoms with E-state index < -0.39 is 0 Å². The summed E-state index contributed by atoms with van der Waals surface area (Å²) in [5, 5.41) is 1.00. The predicted octanol–water partition coefficient (Wildman–Crippen LogP) is 2.99. The number of hydrogen-bond donors (Lipinski definition) is 1. The molecular formula is C17H22N2O2. The van der Waals surface area contributed by atoms with Crippen molar-refractivity contribution in [1.29, 1.82) is 0 Å². The first-order valence-corrected chi connectivity index (χ1v) is 7.45. The second-order valence-electron chi connectivity index (χ2n) is 5.38. The molecule has 1 amide bonds. The van der Waals surface area contributed by atoms with E-state index in [9.17, 15) is 9.59 Å². The maximum atomic E-state index is 12.2. The predicted molar refractivity (Wildman–Crippen MR) is 85.3 cm³/mol. The van der Waals surface area contributed by atoms with E-state index >= 15 is 0 Å². The molecule has 0 fully saturated rings. The molecule has 0 saturated heterocycles. The molecule has 0 saturated carbocycles. The third-order valence-corrected chi connectivity index (χ3v) is 3.59. The van der Waals surface area contributed by atoms with Crippen molar-refractivity contribution in [3.05, 3.63) is 45.7 Å². The molecule has 0 spiro atoms. The molecule has 1 aromatic carbocycles. The molecule has 2 rings (SSSR count). The van der Waals surface area contributed by atoms with Crippen LogP contribution in [0.3, 0.4) is 0 Å². The lowest BCUT2D eigenvalue weighted by atomic mass is 10.1. The zero-order chi connectivity index (χ0) is 15.4. The summed E-state index contributed by atoms with van der Waals surface area (Å²) in [5.74, 6) is 0.0839. The Kier molecular flexibility index (Phi) is 4.78. The smallest absolute Gasteiger partial charge is 0.253 e. The van der Waals surface area contributed by atoms with Gasteiger partial charge in [0.1, 0.15) is 0 Å². The lowest BCUT2D eigenvalue weighted by Gasteiger charge is -2.21. The number of amides is 1. The number of nitrogens with zero attached hydrogens (tertiary/aromatic N) is 1. The number of carbonyl (C=O) groups excluding carboxylic acids is 1. The molecule has 21 heavy (non-hydrogen) atoms. The molecular weight excluding hydrogens is 264 g/mol. The number of hydrogen-bond acceptors (Lipinski definition) is 2. The number of rotatable bonds is 5. The SMILES string of the molecule is CCCN(Cc1cc2cc(C)ccc2[nH]c1=O)C(=O)CC. The average molecular weight is 286 g/mol. The van der Waals surface area contributed by atoms with Gasteiger partial charge in [0.05, 0.1) is 6.54 Å². The first-order chi connectivity index (χ1) is 10.0. The van der Waals surface area contributed by atoms with Gasteiger partial charge in [0.25, 0.3) is 5.56 Å². The van der Waals surface area contributed by atoms with Crippen LogP contribution in [0.5, 0.6) is 0 Å². The van der Waals surface area contributed by atoms with Crippen molar-refractivity contribution in [2.75, 3.05) is 6.54 Å². The fourth-order valence-electron chi connectivity index (χ4n) is 2.48. The van der Waals surface area contributed by atoms with Crippen LogP contribution in [0.4, 0.5) is 0 Å². The van der Waals surface area contributed by atoms with E-state index in [1.54, 1.807) is 4.90 Å². The third kappa shape index (κ3) is 3.51. The van der Waals surface area contributed by atoms with Gasteiger partial charge in [0, 0.05) is 24.0 Å². The van der Waals surface area contributed by atoms with Crippen LogP contribution in [0.2, 0.25) is 0 Å². The fraction of sp³-hybridized carbons (Fsp3) is 0.412. The van der Waals surface area contributed by atoms with Crippen LogP contribution in [0.1, 0.15) is 37.8 Å². The largest absolute Gasteiger partial charge is 0.338 e. The Balaban J connectivity index is 2.38. The Morgan fingerprint density at radius 2 is 2.00 bits per heavy atom. The van der Waals surface area contributed by atoms with E-state index in [1.165, 1.54) is 0 Å². The highest BCUT2D eigenvalue weighted by Gasteiger charge is 2.13. The summed E-state index contributed by atoms with van der Waals surface area (Å²) in [5.41, 5.74) is 2.51. The number of benzene rings is 1. The van der Waals surface area contributed by atoms with Crippen molar-refractivity contribution in [1.82, 2.24) is 9.88 Å². The molecule has 2 aromatic rings. The van der Waals surface area contributed by atoms with E-state index in [2.05, 4.69) is 4.98 Å². The second kappa shape index (κ2) is 6.57. The normalized spacial score (nSPS) is 10.8. The van der Waals surface area contributed by atoms with Gasteiger partial charge in [-0.2, -0.15) is 0 Å². The first-order valence-electron chi connectivity index (χ1n) is 7.45. The summed E-state index contributed by atoms with van der Waals surface area (Å²) in [7, 11) is 0. The quantitative estimate of drug-likeness (QED) is 0.918. The van der Waals surface area contributed by atoms with E-state index in [1.807, 2.05) is 45.0 Å². The Morgan fingerprint density at radius 3 is 2.67 bits per heavy atom. The molecule has 0 aliphatic carbocycles. The number of pyridine rings is 1. The number of H-pyrrole nitrogens is 1. The number of fused-ring (bicyclic) bond motifs is 1. The van der Waals surface area contributed by atoms with Crippen molar-refractivity contribution in [2.45, 2.75) is 40.2 Å². The molecule has 1 N–H and O–H groups in total. The molecule has 0 unspecified atom stereocenters. The summed E-state index contributed by atoms with van der Waals surface area (Å²) in [6, 6.07) is 7.83. The van der Waals surface area contributed by atoms with Crippen LogP contribution in [0, 0.1) is 6.92 Å². The molecule has 1 aromatic heterocycles. The zero-order valence-corrected chi connectivity index (χ0v) is 12.9. The van der Waals surface area contributed by atoms with Crippen LogP contribution in [0.15, 0.2) is 29.1 Å². The van der Waals surface area contributed by atoms with Gasteiger partial charge in [-0.25, -0.2) is 0 Å². The van der Waals surface area contributed by atoms with Crippen molar-refractivity contribution >= 4 is 16.8 Å². The minimum Gasteiger partial charge on any atom is -0.338 e. The van der Waals surface area contributed by atoms with Crippen LogP contribution >= 0.6 is 0 Å². The van der Waals surface area contributed by atoms with Crippen LogP contribution in [0.25, 0.3) is 10.9 Å². The van der Waals surface area contributed by atoms with E-state index in [-0.39, 0.29) is 11.5 Å². The number of aromatic nitrogens is 1.